The lowest BCUT2D eigenvalue weighted by Gasteiger charge is -2.34. The Labute approximate surface area is 179 Å². The van der Waals surface area contributed by atoms with Gasteiger partial charge in [0.05, 0.1) is 11.1 Å². The van der Waals surface area contributed by atoms with E-state index in [1.54, 1.807) is 40.1 Å². The van der Waals surface area contributed by atoms with Crippen LogP contribution in [0.25, 0.3) is 12.2 Å². The number of anilines is 1. The summed E-state index contributed by atoms with van der Waals surface area (Å²) in [5.41, 5.74) is 8.60. The van der Waals surface area contributed by atoms with Gasteiger partial charge in [-0.05, 0) is 29.3 Å². The molecule has 0 spiro atoms. The maximum Gasteiger partial charge on any atom is 0.261 e. The molecule has 2 heterocycles. The molecule has 0 unspecified atom stereocenters. The lowest BCUT2D eigenvalue weighted by molar-refractivity contribution is -0.130. The Kier molecular flexibility index (Phi) is 5.29. The van der Waals surface area contributed by atoms with Crippen LogP contribution in [0.15, 0.2) is 36.4 Å². The number of piperazine rings is 1. The van der Waals surface area contributed by atoms with E-state index in [1.807, 2.05) is 18.2 Å². The summed E-state index contributed by atoms with van der Waals surface area (Å²) in [7, 11) is 0. The Morgan fingerprint density at radius 1 is 0.871 bits per heavy atom. The van der Waals surface area contributed by atoms with Gasteiger partial charge in [-0.15, -0.1) is 0 Å². The average Bonchev–Trinajstić information content (AvgIpc) is 3.08. The molecule has 0 aromatic heterocycles. The van der Waals surface area contributed by atoms with Crippen molar-refractivity contribution in [1.82, 2.24) is 15.1 Å². The Bertz CT molecular complexity index is 1110. The molecule has 3 N–H and O–H groups in total. The van der Waals surface area contributed by atoms with E-state index in [4.69, 9.17) is 5.73 Å². The number of hydrogen-bond acceptors (Lipinski definition) is 5. The minimum atomic E-state index is -0.486. The van der Waals surface area contributed by atoms with Gasteiger partial charge in [-0.3, -0.25) is 24.5 Å². The molecule has 8 nitrogen and oxygen atoms in total. The molecule has 2 aliphatic rings. The Hall–Kier alpha value is -3.94. The molecule has 0 atom stereocenters. The van der Waals surface area contributed by atoms with Gasteiger partial charge in [-0.25, -0.2) is 0 Å². The highest BCUT2D eigenvalue weighted by molar-refractivity contribution is 6.25. The van der Waals surface area contributed by atoms with Gasteiger partial charge in [0.2, 0.25) is 5.91 Å². The molecule has 0 saturated carbocycles. The second-order valence-electron chi connectivity index (χ2n) is 7.53. The van der Waals surface area contributed by atoms with Crippen LogP contribution in [-0.4, -0.2) is 59.6 Å². The van der Waals surface area contributed by atoms with Crippen LogP contribution in [0.4, 0.5) is 5.69 Å². The van der Waals surface area contributed by atoms with Crippen LogP contribution in [0.2, 0.25) is 0 Å². The van der Waals surface area contributed by atoms with Crippen LogP contribution >= 0.6 is 0 Å². The van der Waals surface area contributed by atoms with Gasteiger partial charge in [0.25, 0.3) is 17.7 Å². The number of nitrogens with zero attached hydrogens (tertiary/aromatic N) is 2. The molecule has 0 radical (unpaired) electrons. The number of rotatable bonds is 3. The molecule has 158 valence electrons. The van der Waals surface area contributed by atoms with Gasteiger partial charge in [0.15, 0.2) is 0 Å². The molecule has 1 saturated heterocycles. The number of nitrogens with one attached hydrogen (secondary N) is 1. The molecule has 2 aliphatic heterocycles. The first kappa shape index (κ1) is 20.3. The number of imide groups is 1. The topological polar surface area (TPSA) is 113 Å². The van der Waals surface area contributed by atoms with Crippen LogP contribution < -0.4 is 11.1 Å². The molecule has 31 heavy (non-hydrogen) atoms. The largest absolute Gasteiger partial charge is 0.398 e. The van der Waals surface area contributed by atoms with Gasteiger partial charge in [0.1, 0.15) is 0 Å². The Morgan fingerprint density at radius 2 is 1.48 bits per heavy atom. The minimum absolute atomic E-state index is 0.0248. The van der Waals surface area contributed by atoms with Crippen LogP contribution in [0.3, 0.4) is 0 Å². The van der Waals surface area contributed by atoms with E-state index in [1.165, 1.54) is 6.92 Å². The van der Waals surface area contributed by atoms with Crippen molar-refractivity contribution in [2.24, 2.45) is 0 Å². The monoisotopic (exact) mass is 418 g/mol. The van der Waals surface area contributed by atoms with Crippen LogP contribution in [0, 0.1) is 0 Å². The number of amides is 4. The highest BCUT2D eigenvalue weighted by Gasteiger charge is 2.31. The number of hydrogen-bond donors (Lipinski definition) is 2. The normalized spacial score (nSPS) is 15.9. The molecule has 0 bridgehead atoms. The molecule has 0 aliphatic carbocycles. The molecule has 4 amide bonds. The highest BCUT2D eigenvalue weighted by atomic mass is 16.2. The summed E-state index contributed by atoms with van der Waals surface area (Å²) in [4.78, 5) is 51.6. The number of fused-ring (bicyclic) bond motifs is 1. The van der Waals surface area contributed by atoms with Crippen molar-refractivity contribution in [1.29, 1.82) is 0 Å². The average molecular weight is 418 g/mol. The third kappa shape index (κ3) is 3.92. The van der Waals surface area contributed by atoms with Crippen molar-refractivity contribution in [3.63, 3.8) is 0 Å². The van der Waals surface area contributed by atoms with E-state index in [2.05, 4.69) is 5.32 Å². The number of carbonyl (C=O) groups excluding carboxylic acids is 4. The van der Waals surface area contributed by atoms with E-state index in [9.17, 15) is 19.2 Å². The first-order valence-electron chi connectivity index (χ1n) is 9.96. The predicted molar refractivity (Wildman–Crippen MR) is 116 cm³/mol. The first-order valence-corrected chi connectivity index (χ1v) is 9.96. The number of carbonyl (C=O) groups is 4. The third-order valence-electron chi connectivity index (χ3n) is 5.58. The molecule has 8 heteroatoms. The van der Waals surface area contributed by atoms with Crippen LogP contribution in [-0.2, 0) is 4.79 Å². The Morgan fingerprint density at radius 3 is 2.13 bits per heavy atom. The van der Waals surface area contributed by atoms with Crippen molar-refractivity contribution in [3.8, 4) is 0 Å². The van der Waals surface area contributed by atoms with Crippen molar-refractivity contribution in [2.45, 2.75) is 6.92 Å². The summed E-state index contributed by atoms with van der Waals surface area (Å²) in [6, 6.07) is 10.4. The van der Waals surface area contributed by atoms with E-state index in [0.717, 1.165) is 5.56 Å². The van der Waals surface area contributed by atoms with Gasteiger partial charge >= 0.3 is 0 Å². The van der Waals surface area contributed by atoms with Crippen LogP contribution in [0.1, 0.15) is 49.1 Å². The first-order chi connectivity index (χ1) is 14.8. The zero-order chi connectivity index (χ0) is 22.1. The second-order valence-corrected chi connectivity index (χ2v) is 7.53. The highest BCUT2D eigenvalue weighted by Crippen LogP contribution is 2.27. The van der Waals surface area contributed by atoms with Crippen molar-refractivity contribution in [3.05, 3.63) is 64.2 Å². The summed E-state index contributed by atoms with van der Waals surface area (Å²) in [5.74, 6) is -0.986. The third-order valence-corrected chi connectivity index (χ3v) is 5.58. The zero-order valence-electron chi connectivity index (χ0n) is 17.1. The standard InChI is InChI=1S/C23H22N4O4/c1-14(28)26-10-12-27(13-11-26)23(31)17-6-3-15(4-7-17)2-5-16-8-9-18(24)20-19(16)21(29)25-22(20)30/h2-9H,10-13,24H2,1H3,(H,25,29,30)/b5-2+. The zero-order valence-corrected chi connectivity index (χ0v) is 17.1. The van der Waals surface area contributed by atoms with Crippen molar-refractivity contribution < 1.29 is 19.2 Å². The maximum atomic E-state index is 12.7. The summed E-state index contributed by atoms with van der Waals surface area (Å²) in [6.45, 7) is 3.66. The molecule has 2 aromatic rings. The smallest absolute Gasteiger partial charge is 0.261 e. The number of benzene rings is 2. The SMILES string of the molecule is CC(=O)N1CCN(C(=O)c2ccc(/C=C/c3ccc(N)c4c3C(=O)NC4=O)cc2)CC1. The molecule has 2 aromatic carbocycles. The minimum Gasteiger partial charge on any atom is -0.398 e. The van der Waals surface area contributed by atoms with Gasteiger partial charge in [0, 0.05) is 44.4 Å². The van der Waals surface area contributed by atoms with E-state index in [0.29, 0.717) is 37.3 Å². The van der Waals surface area contributed by atoms with E-state index >= 15 is 0 Å². The molecular formula is C23H22N4O4. The van der Waals surface area contributed by atoms with Crippen molar-refractivity contribution >= 4 is 41.5 Å². The summed E-state index contributed by atoms with van der Waals surface area (Å²) in [5, 5.41) is 2.27. The van der Waals surface area contributed by atoms with Crippen LogP contribution in [0.5, 0.6) is 0 Å². The molecule has 1 fully saturated rings. The number of nitrogen functional groups attached to an aromatic ring is 1. The second kappa shape index (κ2) is 8.06. The van der Waals surface area contributed by atoms with Gasteiger partial charge < -0.3 is 15.5 Å². The summed E-state index contributed by atoms with van der Waals surface area (Å²) < 4.78 is 0. The summed E-state index contributed by atoms with van der Waals surface area (Å²) in [6.07, 6.45) is 3.55. The lowest BCUT2D eigenvalue weighted by atomic mass is 10.00. The van der Waals surface area contributed by atoms with Crippen molar-refractivity contribution in [2.75, 3.05) is 31.9 Å². The molecule has 4 rings (SSSR count). The van der Waals surface area contributed by atoms with Gasteiger partial charge in [-0.2, -0.15) is 0 Å². The summed E-state index contributed by atoms with van der Waals surface area (Å²) >= 11 is 0. The molecular weight excluding hydrogens is 396 g/mol. The maximum absolute atomic E-state index is 12.7. The fraction of sp³-hybridized carbons (Fsp3) is 0.217. The quantitative estimate of drug-likeness (QED) is 0.447. The van der Waals surface area contributed by atoms with E-state index in [-0.39, 0.29) is 28.6 Å². The Balaban J connectivity index is 1.47. The predicted octanol–water partition coefficient (Wildman–Crippen LogP) is 1.63. The van der Waals surface area contributed by atoms with E-state index < -0.39 is 11.8 Å². The fourth-order valence-corrected chi connectivity index (χ4v) is 3.82. The van der Waals surface area contributed by atoms with Gasteiger partial charge in [-0.1, -0.05) is 30.4 Å². The number of nitrogens with two attached hydrogens (primary N) is 1. The lowest BCUT2D eigenvalue weighted by Crippen LogP contribution is -2.50. The fourth-order valence-electron chi connectivity index (χ4n) is 3.82.